The SMILES string of the molecule is CCCNCCCCCCOc1cccc2ccccc12. The minimum Gasteiger partial charge on any atom is -0.493 e. The molecule has 0 aliphatic heterocycles. The number of ether oxygens (including phenoxy) is 1. The highest BCUT2D eigenvalue weighted by molar-refractivity contribution is 5.88. The number of nitrogens with one attached hydrogen (secondary N) is 1. The van der Waals surface area contributed by atoms with Gasteiger partial charge in [-0.15, -0.1) is 0 Å². The lowest BCUT2D eigenvalue weighted by atomic mass is 10.1. The van der Waals surface area contributed by atoms with E-state index < -0.39 is 0 Å². The highest BCUT2D eigenvalue weighted by Gasteiger charge is 2.00. The molecule has 2 heteroatoms. The average molecular weight is 285 g/mol. The molecule has 1 N–H and O–H groups in total. The predicted molar refractivity (Wildman–Crippen MR) is 91.1 cm³/mol. The van der Waals surface area contributed by atoms with E-state index in [9.17, 15) is 0 Å². The van der Waals surface area contributed by atoms with Crippen LogP contribution in [-0.4, -0.2) is 19.7 Å². The van der Waals surface area contributed by atoms with Gasteiger partial charge in [-0.1, -0.05) is 56.2 Å². The van der Waals surface area contributed by atoms with Crippen LogP contribution in [0.2, 0.25) is 0 Å². The van der Waals surface area contributed by atoms with Crippen LogP contribution in [-0.2, 0) is 0 Å². The topological polar surface area (TPSA) is 21.3 Å². The standard InChI is InChI=1S/C19H27NO/c1-2-14-20-15-7-3-4-8-16-21-19-13-9-11-17-10-5-6-12-18(17)19/h5-6,9-13,20H,2-4,7-8,14-16H2,1H3. The Labute approximate surface area is 128 Å². The molecule has 0 spiro atoms. The monoisotopic (exact) mass is 285 g/mol. The first kappa shape index (κ1) is 15.8. The van der Waals surface area contributed by atoms with Gasteiger partial charge in [0, 0.05) is 5.39 Å². The Kier molecular flexibility index (Phi) is 7.10. The molecule has 0 heterocycles. The van der Waals surface area contributed by atoms with Crippen LogP contribution in [0.4, 0.5) is 0 Å². The van der Waals surface area contributed by atoms with Crippen molar-refractivity contribution in [2.45, 2.75) is 39.0 Å². The molecule has 0 saturated carbocycles. The highest BCUT2D eigenvalue weighted by atomic mass is 16.5. The maximum atomic E-state index is 5.95. The molecule has 2 aromatic rings. The molecule has 0 fully saturated rings. The highest BCUT2D eigenvalue weighted by Crippen LogP contribution is 2.25. The zero-order chi connectivity index (χ0) is 14.8. The molecule has 0 saturated heterocycles. The summed E-state index contributed by atoms with van der Waals surface area (Å²) >= 11 is 0. The van der Waals surface area contributed by atoms with Crippen molar-refractivity contribution in [1.82, 2.24) is 5.32 Å². The Morgan fingerprint density at radius 1 is 0.857 bits per heavy atom. The Morgan fingerprint density at radius 2 is 1.67 bits per heavy atom. The number of hydrogen-bond acceptors (Lipinski definition) is 2. The molecule has 0 aliphatic carbocycles. The predicted octanol–water partition coefficient (Wildman–Crippen LogP) is 4.78. The molecule has 0 radical (unpaired) electrons. The fourth-order valence-electron chi connectivity index (χ4n) is 2.51. The van der Waals surface area contributed by atoms with Crippen molar-refractivity contribution in [3.05, 3.63) is 42.5 Å². The summed E-state index contributed by atoms with van der Waals surface area (Å²) in [6.07, 6.45) is 6.17. The second kappa shape index (κ2) is 9.41. The Balaban J connectivity index is 1.64. The molecular weight excluding hydrogens is 258 g/mol. The number of benzene rings is 2. The minimum atomic E-state index is 0.816. The van der Waals surface area contributed by atoms with Gasteiger partial charge in [-0.05, 0) is 43.8 Å². The number of rotatable bonds is 10. The molecule has 0 aliphatic rings. The van der Waals surface area contributed by atoms with E-state index in [1.165, 1.54) is 36.5 Å². The summed E-state index contributed by atoms with van der Waals surface area (Å²) in [6, 6.07) is 14.7. The van der Waals surface area contributed by atoms with Gasteiger partial charge in [0.25, 0.3) is 0 Å². The molecule has 2 nitrogen and oxygen atoms in total. The van der Waals surface area contributed by atoms with Gasteiger partial charge in [0.1, 0.15) is 5.75 Å². The van der Waals surface area contributed by atoms with E-state index in [0.29, 0.717) is 0 Å². The summed E-state index contributed by atoms with van der Waals surface area (Å²) in [5.41, 5.74) is 0. The molecule has 2 rings (SSSR count). The van der Waals surface area contributed by atoms with Crippen molar-refractivity contribution in [2.24, 2.45) is 0 Å². The lowest BCUT2D eigenvalue weighted by molar-refractivity contribution is 0.308. The smallest absolute Gasteiger partial charge is 0.127 e. The van der Waals surface area contributed by atoms with E-state index in [4.69, 9.17) is 4.74 Å². The van der Waals surface area contributed by atoms with Gasteiger partial charge in [0.05, 0.1) is 6.61 Å². The first-order valence-electron chi connectivity index (χ1n) is 8.23. The molecule has 0 bridgehead atoms. The maximum absolute atomic E-state index is 5.95. The fraction of sp³-hybridized carbons (Fsp3) is 0.474. The van der Waals surface area contributed by atoms with Gasteiger partial charge in [-0.2, -0.15) is 0 Å². The quantitative estimate of drug-likeness (QED) is 0.634. The Bertz CT molecular complexity index is 518. The Hall–Kier alpha value is -1.54. The van der Waals surface area contributed by atoms with Crippen molar-refractivity contribution in [3.63, 3.8) is 0 Å². The summed E-state index contributed by atoms with van der Waals surface area (Å²) in [4.78, 5) is 0. The van der Waals surface area contributed by atoms with Crippen LogP contribution in [0.3, 0.4) is 0 Å². The number of unbranched alkanes of at least 4 members (excludes halogenated alkanes) is 3. The first-order chi connectivity index (χ1) is 10.4. The van der Waals surface area contributed by atoms with Crippen LogP contribution in [0.25, 0.3) is 10.8 Å². The molecular formula is C19H27NO. The summed E-state index contributed by atoms with van der Waals surface area (Å²) in [5.74, 6) is 1.01. The Morgan fingerprint density at radius 3 is 2.57 bits per heavy atom. The normalized spacial score (nSPS) is 10.9. The second-order valence-corrected chi connectivity index (χ2v) is 5.49. The second-order valence-electron chi connectivity index (χ2n) is 5.49. The third-order valence-electron chi connectivity index (χ3n) is 3.68. The van der Waals surface area contributed by atoms with Gasteiger partial charge in [-0.25, -0.2) is 0 Å². The van der Waals surface area contributed by atoms with E-state index in [0.717, 1.165) is 31.9 Å². The maximum Gasteiger partial charge on any atom is 0.127 e. The molecule has 0 atom stereocenters. The van der Waals surface area contributed by atoms with Crippen molar-refractivity contribution in [1.29, 1.82) is 0 Å². The summed E-state index contributed by atoms with van der Waals surface area (Å²) in [7, 11) is 0. The van der Waals surface area contributed by atoms with E-state index in [2.05, 4.69) is 54.7 Å². The third-order valence-corrected chi connectivity index (χ3v) is 3.68. The van der Waals surface area contributed by atoms with Crippen LogP contribution in [0.5, 0.6) is 5.75 Å². The van der Waals surface area contributed by atoms with Gasteiger partial charge >= 0.3 is 0 Å². The number of fused-ring (bicyclic) bond motifs is 1. The molecule has 114 valence electrons. The zero-order valence-corrected chi connectivity index (χ0v) is 13.1. The van der Waals surface area contributed by atoms with Crippen molar-refractivity contribution < 1.29 is 4.74 Å². The summed E-state index contributed by atoms with van der Waals surface area (Å²) in [6.45, 7) is 5.32. The largest absolute Gasteiger partial charge is 0.493 e. The lowest BCUT2D eigenvalue weighted by Gasteiger charge is -2.09. The molecule has 0 aromatic heterocycles. The zero-order valence-electron chi connectivity index (χ0n) is 13.1. The van der Waals surface area contributed by atoms with Crippen LogP contribution in [0.15, 0.2) is 42.5 Å². The molecule has 21 heavy (non-hydrogen) atoms. The van der Waals surface area contributed by atoms with E-state index in [-0.39, 0.29) is 0 Å². The van der Waals surface area contributed by atoms with Gasteiger partial charge in [0.2, 0.25) is 0 Å². The molecule has 2 aromatic carbocycles. The van der Waals surface area contributed by atoms with Gasteiger partial charge in [0.15, 0.2) is 0 Å². The van der Waals surface area contributed by atoms with Crippen LogP contribution >= 0.6 is 0 Å². The number of hydrogen-bond donors (Lipinski definition) is 1. The first-order valence-corrected chi connectivity index (χ1v) is 8.23. The van der Waals surface area contributed by atoms with E-state index >= 15 is 0 Å². The molecule has 0 amide bonds. The van der Waals surface area contributed by atoms with Crippen LogP contribution < -0.4 is 10.1 Å². The van der Waals surface area contributed by atoms with Crippen molar-refractivity contribution in [2.75, 3.05) is 19.7 Å². The van der Waals surface area contributed by atoms with Crippen molar-refractivity contribution >= 4 is 10.8 Å². The average Bonchev–Trinajstić information content (AvgIpc) is 2.53. The van der Waals surface area contributed by atoms with Gasteiger partial charge < -0.3 is 10.1 Å². The van der Waals surface area contributed by atoms with Crippen LogP contribution in [0.1, 0.15) is 39.0 Å². The fourth-order valence-corrected chi connectivity index (χ4v) is 2.51. The van der Waals surface area contributed by atoms with Gasteiger partial charge in [-0.3, -0.25) is 0 Å². The van der Waals surface area contributed by atoms with E-state index in [1.54, 1.807) is 0 Å². The minimum absolute atomic E-state index is 0.816. The summed E-state index contributed by atoms with van der Waals surface area (Å²) < 4.78 is 5.95. The van der Waals surface area contributed by atoms with Crippen LogP contribution in [0, 0.1) is 0 Å². The summed E-state index contributed by atoms with van der Waals surface area (Å²) in [5, 5.41) is 5.90. The van der Waals surface area contributed by atoms with E-state index in [1.807, 2.05) is 0 Å². The third kappa shape index (κ3) is 5.39. The molecule has 0 unspecified atom stereocenters. The lowest BCUT2D eigenvalue weighted by Crippen LogP contribution is -2.15. The van der Waals surface area contributed by atoms with Crippen molar-refractivity contribution in [3.8, 4) is 5.75 Å².